The Balaban J connectivity index is 1.56. The van der Waals surface area contributed by atoms with E-state index >= 15 is 0 Å². The van der Waals surface area contributed by atoms with Gasteiger partial charge in [-0.2, -0.15) is 20.1 Å². The van der Waals surface area contributed by atoms with Gasteiger partial charge in [0.25, 0.3) is 11.9 Å². The van der Waals surface area contributed by atoms with Crippen molar-refractivity contribution in [3.05, 3.63) is 102 Å². The molecule has 0 radical (unpaired) electrons. The lowest BCUT2D eigenvalue weighted by molar-refractivity contribution is -0.123. The minimum atomic E-state index is -1.53. The SMILES string of the molecule is Cc1nn(-c2ccccc2)c2c1[C@@]1(C(=O)Nc3ccc(F)cc31)N1N=NN(c3ccccc3)C1=N2. The molecule has 4 heterocycles. The number of carbonyl (C=O) groups is 1. The molecule has 3 aliphatic heterocycles. The van der Waals surface area contributed by atoms with Gasteiger partial charge < -0.3 is 5.32 Å². The van der Waals surface area contributed by atoms with E-state index in [2.05, 4.69) is 15.8 Å². The highest BCUT2D eigenvalue weighted by atomic mass is 19.1. The lowest BCUT2D eigenvalue weighted by atomic mass is 9.82. The largest absolute Gasteiger partial charge is 0.323 e. The van der Waals surface area contributed by atoms with Gasteiger partial charge in [0.1, 0.15) is 5.82 Å². The van der Waals surface area contributed by atoms with Crippen LogP contribution in [0.25, 0.3) is 5.69 Å². The van der Waals surface area contributed by atoms with Gasteiger partial charge in [0.2, 0.25) is 5.54 Å². The molecule has 3 aliphatic rings. The second-order valence-electron chi connectivity index (χ2n) is 8.44. The van der Waals surface area contributed by atoms with Crippen LogP contribution < -0.4 is 10.3 Å². The smallest absolute Gasteiger partial charge is 0.262 e. The van der Waals surface area contributed by atoms with Crippen molar-refractivity contribution < 1.29 is 9.18 Å². The van der Waals surface area contributed by atoms with Crippen molar-refractivity contribution in [2.24, 2.45) is 15.4 Å². The van der Waals surface area contributed by atoms with E-state index in [1.54, 1.807) is 15.8 Å². The van der Waals surface area contributed by atoms with Crippen LogP contribution in [0, 0.1) is 12.7 Å². The zero-order chi connectivity index (χ0) is 23.7. The van der Waals surface area contributed by atoms with Crippen LogP contribution >= 0.6 is 0 Å². The van der Waals surface area contributed by atoms with E-state index in [9.17, 15) is 9.18 Å². The molecule has 0 unspecified atom stereocenters. The van der Waals surface area contributed by atoms with Gasteiger partial charge in [-0.15, -0.1) is 0 Å². The van der Waals surface area contributed by atoms with Crippen molar-refractivity contribution in [1.29, 1.82) is 0 Å². The molecule has 0 saturated heterocycles. The Morgan fingerprint density at radius 1 is 0.914 bits per heavy atom. The number of aromatic nitrogens is 2. The quantitative estimate of drug-likeness (QED) is 0.469. The van der Waals surface area contributed by atoms with Crippen LogP contribution in [0.4, 0.5) is 21.6 Å². The number of aliphatic imine (C=N–C) groups is 1. The number of amides is 1. The van der Waals surface area contributed by atoms with Crippen LogP contribution in [0.1, 0.15) is 16.8 Å². The maximum absolute atomic E-state index is 14.6. The summed E-state index contributed by atoms with van der Waals surface area (Å²) in [6, 6.07) is 23.2. The lowest BCUT2D eigenvalue weighted by Crippen LogP contribution is -2.54. The third-order valence-electron chi connectivity index (χ3n) is 6.47. The molecule has 170 valence electrons. The van der Waals surface area contributed by atoms with Crippen molar-refractivity contribution in [3.63, 3.8) is 0 Å². The Morgan fingerprint density at radius 3 is 2.37 bits per heavy atom. The number of anilines is 2. The average molecular weight is 464 g/mol. The fourth-order valence-corrected chi connectivity index (χ4v) is 5.01. The van der Waals surface area contributed by atoms with Crippen molar-refractivity contribution in [1.82, 2.24) is 14.8 Å². The number of para-hydroxylation sites is 2. The van der Waals surface area contributed by atoms with Crippen LogP contribution in [0.5, 0.6) is 0 Å². The lowest BCUT2D eigenvalue weighted by Gasteiger charge is -2.37. The van der Waals surface area contributed by atoms with Gasteiger partial charge >= 0.3 is 0 Å². The molecule has 0 fully saturated rings. The van der Waals surface area contributed by atoms with Gasteiger partial charge in [-0.05, 0) is 59.8 Å². The average Bonchev–Trinajstić information content (AvgIpc) is 3.54. The molecule has 1 atom stereocenters. The molecule has 7 rings (SSSR count). The second-order valence-corrected chi connectivity index (χ2v) is 8.44. The predicted octanol–water partition coefficient (Wildman–Crippen LogP) is 4.62. The molecule has 9 nitrogen and oxygen atoms in total. The van der Waals surface area contributed by atoms with E-state index in [4.69, 9.17) is 10.1 Å². The molecule has 1 N–H and O–H groups in total. The van der Waals surface area contributed by atoms with Gasteiger partial charge in [0, 0.05) is 11.3 Å². The first kappa shape index (κ1) is 19.6. The van der Waals surface area contributed by atoms with Gasteiger partial charge in [0.15, 0.2) is 5.82 Å². The molecule has 1 spiro atoms. The zero-order valence-electron chi connectivity index (χ0n) is 18.4. The van der Waals surface area contributed by atoms with Crippen molar-refractivity contribution in [2.75, 3.05) is 10.3 Å². The van der Waals surface area contributed by atoms with Crippen LogP contribution in [0.3, 0.4) is 0 Å². The van der Waals surface area contributed by atoms with E-state index in [0.29, 0.717) is 34.3 Å². The summed E-state index contributed by atoms with van der Waals surface area (Å²) in [5.41, 5.74) is 2.00. The first-order valence-electron chi connectivity index (χ1n) is 11.0. The number of aryl methyl sites for hydroxylation is 1. The zero-order valence-corrected chi connectivity index (χ0v) is 18.4. The molecule has 1 amide bonds. The number of benzene rings is 3. The van der Waals surface area contributed by atoms with E-state index in [-0.39, 0.29) is 5.91 Å². The minimum absolute atomic E-state index is 0.313. The third kappa shape index (κ3) is 2.47. The highest BCUT2D eigenvalue weighted by Crippen LogP contribution is 2.54. The Kier molecular flexibility index (Phi) is 3.82. The predicted molar refractivity (Wildman–Crippen MR) is 127 cm³/mol. The van der Waals surface area contributed by atoms with Crippen LogP contribution in [-0.4, -0.2) is 26.7 Å². The molecule has 1 aromatic heterocycles. The van der Waals surface area contributed by atoms with Gasteiger partial charge in [0.05, 0.1) is 22.6 Å². The molecule has 35 heavy (non-hydrogen) atoms. The maximum atomic E-state index is 14.6. The molecular weight excluding hydrogens is 447 g/mol. The van der Waals surface area contributed by atoms with Gasteiger partial charge in [-0.25, -0.2) is 9.07 Å². The summed E-state index contributed by atoms with van der Waals surface area (Å²) in [6.45, 7) is 1.81. The summed E-state index contributed by atoms with van der Waals surface area (Å²) in [6.07, 6.45) is 0. The fraction of sp³-hybridized carbons (Fsp3) is 0.0800. The summed E-state index contributed by atoms with van der Waals surface area (Å²) in [4.78, 5) is 18.8. The molecule has 4 aromatic rings. The number of nitrogens with zero attached hydrogens (tertiary/aromatic N) is 7. The minimum Gasteiger partial charge on any atom is -0.323 e. The summed E-state index contributed by atoms with van der Waals surface area (Å²) < 4.78 is 16.3. The van der Waals surface area contributed by atoms with Crippen molar-refractivity contribution in [2.45, 2.75) is 12.5 Å². The fourth-order valence-electron chi connectivity index (χ4n) is 5.01. The summed E-state index contributed by atoms with van der Waals surface area (Å²) in [5, 5.41) is 19.4. The maximum Gasteiger partial charge on any atom is 0.262 e. The molecule has 10 heteroatoms. The number of nitrogens with one attached hydrogen (secondary N) is 1. The molecular formula is C25H17FN8O. The Labute approximate surface area is 198 Å². The van der Waals surface area contributed by atoms with E-state index in [1.807, 2.05) is 67.6 Å². The third-order valence-corrected chi connectivity index (χ3v) is 6.47. The number of halogens is 1. The molecule has 0 saturated carbocycles. The first-order valence-corrected chi connectivity index (χ1v) is 11.0. The number of hydrogen-bond acceptors (Lipinski definition) is 7. The van der Waals surface area contributed by atoms with Crippen LogP contribution in [0.15, 0.2) is 94.3 Å². The number of guanidine groups is 1. The summed E-state index contributed by atoms with van der Waals surface area (Å²) >= 11 is 0. The standard InChI is InChI=1S/C25H17FN8O/c1-15-21-22(32(29-15)17-8-4-2-5-9-17)28-24-33(18-10-6-3-7-11-18)30-31-34(24)25(21)19-14-16(26)12-13-20(19)27-23(25)35/h2-14H,1H3,(H,27,35)/t25-/m0/s1. The highest BCUT2D eigenvalue weighted by Gasteiger charge is 2.62. The van der Waals surface area contributed by atoms with E-state index in [1.165, 1.54) is 17.1 Å². The van der Waals surface area contributed by atoms with Crippen molar-refractivity contribution >= 4 is 29.1 Å². The number of rotatable bonds is 2. The van der Waals surface area contributed by atoms with Crippen LogP contribution in [0.2, 0.25) is 0 Å². The molecule has 0 aliphatic carbocycles. The number of hydrogen-bond donors (Lipinski definition) is 1. The monoisotopic (exact) mass is 464 g/mol. The van der Waals surface area contributed by atoms with Gasteiger partial charge in [-0.1, -0.05) is 36.4 Å². The van der Waals surface area contributed by atoms with E-state index < -0.39 is 11.4 Å². The van der Waals surface area contributed by atoms with Gasteiger partial charge in [-0.3, -0.25) is 4.79 Å². The van der Waals surface area contributed by atoms with Crippen molar-refractivity contribution in [3.8, 4) is 5.69 Å². The number of fused-ring (bicyclic) bond motifs is 6. The summed E-state index contributed by atoms with van der Waals surface area (Å²) in [5.74, 6) is -0.0702. The number of carbonyl (C=O) groups excluding carboxylic acids is 1. The van der Waals surface area contributed by atoms with E-state index in [0.717, 1.165) is 11.4 Å². The molecule has 0 bridgehead atoms. The van der Waals surface area contributed by atoms with Crippen LogP contribution in [-0.2, 0) is 10.3 Å². The Morgan fingerprint density at radius 2 is 1.63 bits per heavy atom. The highest BCUT2D eigenvalue weighted by molar-refractivity contribution is 6.14. The summed E-state index contributed by atoms with van der Waals surface area (Å²) in [7, 11) is 0. The normalized spacial score (nSPS) is 19.5. The molecule has 3 aromatic carbocycles. The second kappa shape index (κ2) is 6.83. The topological polar surface area (TPSA) is 90.5 Å². The first-order chi connectivity index (χ1) is 17.1. The Hall–Kier alpha value is -4.86. The Bertz CT molecular complexity index is 1580.